The highest BCUT2D eigenvalue weighted by Gasteiger charge is 2.47. The van der Waals surface area contributed by atoms with E-state index in [9.17, 15) is 13.5 Å². The molecule has 1 N–H and O–H groups in total. The molecule has 26 heavy (non-hydrogen) atoms. The van der Waals surface area contributed by atoms with Crippen LogP contribution in [0.1, 0.15) is 29.5 Å². The molecule has 1 saturated heterocycles. The van der Waals surface area contributed by atoms with Gasteiger partial charge in [-0.05, 0) is 61.2 Å². The quantitative estimate of drug-likeness (QED) is 0.901. The van der Waals surface area contributed by atoms with Gasteiger partial charge in [0.25, 0.3) is 0 Å². The summed E-state index contributed by atoms with van der Waals surface area (Å²) in [7, 11) is -3.14. The van der Waals surface area contributed by atoms with E-state index >= 15 is 0 Å². The second kappa shape index (κ2) is 6.48. The van der Waals surface area contributed by atoms with Crippen molar-refractivity contribution in [3.63, 3.8) is 0 Å². The SMILES string of the molecule is CS(=O)(=O)c1ccc(CN2CCC3(CC2)c2ccccc2CC3O)cc1. The molecule has 1 atom stereocenters. The number of benzene rings is 2. The van der Waals surface area contributed by atoms with Crippen molar-refractivity contribution < 1.29 is 13.5 Å². The molecule has 1 fully saturated rings. The van der Waals surface area contributed by atoms with E-state index in [1.165, 1.54) is 17.4 Å². The van der Waals surface area contributed by atoms with Crippen LogP contribution >= 0.6 is 0 Å². The molecule has 1 unspecified atom stereocenters. The molecule has 2 aromatic rings. The Kier molecular flexibility index (Phi) is 4.41. The van der Waals surface area contributed by atoms with Gasteiger partial charge < -0.3 is 5.11 Å². The topological polar surface area (TPSA) is 57.6 Å². The Morgan fingerprint density at radius 2 is 1.73 bits per heavy atom. The normalized spacial score (nSPS) is 22.5. The maximum atomic E-state index is 11.6. The van der Waals surface area contributed by atoms with Crippen LogP contribution in [-0.4, -0.2) is 43.9 Å². The van der Waals surface area contributed by atoms with Crippen molar-refractivity contribution in [1.29, 1.82) is 0 Å². The highest BCUT2D eigenvalue weighted by atomic mass is 32.2. The fourth-order valence-corrected chi connectivity index (χ4v) is 5.21. The average Bonchev–Trinajstić information content (AvgIpc) is 2.89. The summed E-state index contributed by atoms with van der Waals surface area (Å²) in [4.78, 5) is 2.76. The van der Waals surface area contributed by atoms with Crippen molar-refractivity contribution in [1.82, 2.24) is 4.90 Å². The van der Waals surface area contributed by atoms with E-state index < -0.39 is 9.84 Å². The van der Waals surface area contributed by atoms with Crippen LogP contribution in [0.5, 0.6) is 0 Å². The molecule has 0 bridgehead atoms. The summed E-state index contributed by atoms with van der Waals surface area (Å²) in [6, 6.07) is 15.6. The minimum Gasteiger partial charge on any atom is -0.392 e. The van der Waals surface area contributed by atoms with Gasteiger partial charge in [-0.2, -0.15) is 0 Å². The molecule has 1 spiro atoms. The number of fused-ring (bicyclic) bond motifs is 2. The Morgan fingerprint density at radius 3 is 2.38 bits per heavy atom. The van der Waals surface area contributed by atoms with Crippen LogP contribution in [-0.2, 0) is 28.2 Å². The molecule has 4 nitrogen and oxygen atoms in total. The van der Waals surface area contributed by atoms with E-state index in [0.717, 1.165) is 44.5 Å². The molecular weight excluding hydrogens is 346 g/mol. The summed E-state index contributed by atoms with van der Waals surface area (Å²) in [5.41, 5.74) is 3.67. The minimum atomic E-state index is -3.14. The molecule has 2 aliphatic rings. The number of likely N-dealkylation sites (tertiary alicyclic amines) is 1. The fraction of sp³-hybridized carbons (Fsp3) is 0.429. The Morgan fingerprint density at radius 1 is 1.08 bits per heavy atom. The van der Waals surface area contributed by atoms with Crippen LogP contribution in [0.3, 0.4) is 0 Å². The number of sulfone groups is 1. The minimum absolute atomic E-state index is 0.0900. The fourth-order valence-electron chi connectivity index (χ4n) is 4.58. The van der Waals surface area contributed by atoms with Crippen LogP contribution in [0.15, 0.2) is 53.4 Å². The highest BCUT2D eigenvalue weighted by molar-refractivity contribution is 7.90. The monoisotopic (exact) mass is 371 g/mol. The van der Waals surface area contributed by atoms with Crippen LogP contribution < -0.4 is 0 Å². The molecule has 0 radical (unpaired) electrons. The van der Waals surface area contributed by atoms with Gasteiger partial charge in [-0.25, -0.2) is 8.42 Å². The molecule has 0 saturated carbocycles. The van der Waals surface area contributed by atoms with Gasteiger partial charge in [-0.1, -0.05) is 36.4 Å². The number of aliphatic hydroxyl groups is 1. The molecule has 4 rings (SSSR count). The van der Waals surface area contributed by atoms with E-state index in [4.69, 9.17) is 0 Å². The van der Waals surface area contributed by atoms with E-state index in [-0.39, 0.29) is 11.5 Å². The molecule has 1 heterocycles. The molecule has 0 amide bonds. The summed E-state index contributed by atoms with van der Waals surface area (Å²) in [5.74, 6) is 0. The molecule has 5 heteroatoms. The number of nitrogens with zero attached hydrogens (tertiary/aromatic N) is 1. The lowest BCUT2D eigenvalue weighted by molar-refractivity contribution is 0.0414. The maximum Gasteiger partial charge on any atom is 0.175 e. The van der Waals surface area contributed by atoms with Gasteiger partial charge in [0.1, 0.15) is 0 Å². The first kappa shape index (κ1) is 17.7. The smallest absolute Gasteiger partial charge is 0.175 e. The number of hydrogen-bond donors (Lipinski definition) is 1. The van der Waals surface area contributed by atoms with Gasteiger partial charge in [-0.3, -0.25) is 4.90 Å². The van der Waals surface area contributed by atoms with Crippen LogP contribution in [0, 0.1) is 0 Å². The summed E-state index contributed by atoms with van der Waals surface area (Å²) in [6.07, 6.45) is 3.65. The van der Waals surface area contributed by atoms with Crippen molar-refractivity contribution in [2.24, 2.45) is 0 Å². The Labute approximate surface area is 155 Å². The average molecular weight is 372 g/mol. The maximum absolute atomic E-state index is 11.6. The molecule has 1 aliphatic carbocycles. The van der Waals surface area contributed by atoms with E-state index in [1.807, 2.05) is 12.1 Å². The predicted octanol–water partition coefficient (Wildman–Crippen LogP) is 2.54. The molecule has 1 aliphatic heterocycles. The first-order valence-electron chi connectivity index (χ1n) is 9.16. The van der Waals surface area contributed by atoms with Crippen LogP contribution in [0.25, 0.3) is 0 Å². The number of rotatable bonds is 3. The van der Waals surface area contributed by atoms with Crippen molar-refractivity contribution in [2.45, 2.75) is 42.2 Å². The standard InChI is InChI=1S/C21H25NO3S/c1-26(24,25)18-8-6-16(7-9-18)15-22-12-10-21(11-13-22)19-5-3-2-4-17(19)14-20(21)23/h2-9,20,23H,10-15H2,1H3. The first-order chi connectivity index (χ1) is 12.4. The lowest BCUT2D eigenvalue weighted by atomic mass is 9.72. The first-order valence-corrected chi connectivity index (χ1v) is 11.1. The summed E-state index contributed by atoms with van der Waals surface area (Å²) in [6.45, 7) is 2.70. The third-order valence-electron chi connectivity index (χ3n) is 6.11. The second-order valence-electron chi connectivity index (χ2n) is 7.73. The Bertz CT molecular complexity index is 897. The lowest BCUT2D eigenvalue weighted by Gasteiger charge is -2.42. The van der Waals surface area contributed by atoms with Gasteiger partial charge in [0, 0.05) is 18.2 Å². The van der Waals surface area contributed by atoms with E-state index in [0.29, 0.717) is 4.90 Å². The van der Waals surface area contributed by atoms with Crippen molar-refractivity contribution in [2.75, 3.05) is 19.3 Å². The summed E-state index contributed by atoms with van der Waals surface area (Å²) in [5, 5.41) is 10.7. The largest absolute Gasteiger partial charge is 0.392 e. The number of aliphatic hydroxyl groups excluding tert-OH is 1. The lowest BCUT2D eigenvalue weighted by Crippen LogP contribution is -2.47. The number of piperidine rings is 1. The highest BCUT2D eigenvalue weighted by Crippen LogP contribution is 2.46. The predicted molar refractivity (Wildman–Crippen MR) is 102 cm³/mol. The third kappa shape index (κ3) is 3.08. The second-order valence-corrected chi connectivity index (χ2v) is 9.74. The number of hydrogen-bond acceptors (Lipinski definition) is 4. The molecule has 138 valence electrons. The molecule has 0 aromatic heterocycles. The van der Waals surface area contributed by atoms with E-state index in [2.05, 4.69) is 29.2 Å². The van der Waals surface area contributed by atoms with Gasteiger partial charge in [0.2, 0.25) is 0 Å². The van der Waals surface area contributed by atoms with Gasteiger partial charge in [0.05, 0.1) is 11.0 Å². The zero-order valence-electron chi connectivity index (χ0n) is 15.1. The summed E-state index contributed by atoms with van der Waals surface area (Å²) < 4.78 is 23.2. The summed E-state index contributed by atoms with van der Waals surface area (Å²) >= 11 is 0. The third-order valence-corrected chi connectivity index (χ3v) is 7.24. The molecule has 2 aromatic carbocycles. The zero-order chi connectivity index (χ0) is 18.4. The zero-order valence-corrected chi connectivity index (χ0v) is 15.9. The Balaban J connectivity index is 1.45. The van der Waals surface area contributed by atoms with Crippen LogP contribution in [0.4, 0.5) is 0 Å². The molecular formula is C21H25NO3S. The van der Waals surface area contributed by atoms with Crippen LogP contribution in [0.2, 0.25) is 0 Å². The van der Waals surface area contributed by atoms with Gasteiger partial charge >= 0.3 is 0 Å². The Hall–Kier alpha value is -1.69. The van der Waals surface area contributed by atoms with E-state index in [1.54, 1.807) is 12.1 Å². The van der Waals surface area contributed by atoms with Crippen molar-refractivity contribution in [3.8, 4) is 0 Å². The van der Waals surface area contributed by atoms with Gasteiger partial charge in [0.15, 0.2) is 9.84 Å². The van der Waals surface area contributed by atoms with Crippen molar-refractivity contribution >= 4 is 9.84 Å². The van der Waals surface area contributed by atoms with Crippen molar-refractivity contribution in [3.05, 3.63) is 65.2 Å². The van der Waals surface area contributed by atoms with Gasteiger partial charge in [-0.15, -0.1) is 0 Å².